The van der Waals surface area contributed by atoms with E-state index in [1.807, 2.05) is 63.2 Å². The molecule has 0 saturated heterocycles. The van der Waals surface area contributed by atoms with Crippen LogP contribution in [0, 0.1) is 0 Å². The van der Waals surface area contributed by atoms with Gasteiger partial charge in [-0.15, -0.1) is 0 Å². The molecule has 2 aromatic carbocycles. The summed E-state index contributed by atoms with van der Waals surface area (Å²) in [5.74, 6) is 1.47. The third-order valence-electron chi connectivity index (χ3n) is 4.00. The number of rotatable bonds is 6. The summed E-state index contributed by atoms with van der Waals surface area (Å²) < 4.78 is 11.7. The minimum Gasteiger partial charge on any atom is -0.489 e. The lowest BCUT2D eigenvalue weighted by atomic mass is 10.1. The monoisotopic (exact) mass is 397 g/mol. The molecular weight excluding hydrogens is 374 g/mol. The van der Waals surface area contributed by atoms with Crippen molar-refractivity contribution in [3.05, 3.63) is 88.3 Å². The van der Waals surface area contributed by atoms with Crippen LogP contribution in [-0.4, -0.2) is 11.4 Å². The first-order chi connectivity index (χ1) is 13.3. The van der Waals surface area contributed by atoms with Gasteiger partial charge in [0, 0.05) is 22.5 Å². The molecule has 1 heterocycles. The Morgan fingerprint density at radius 2 is 1.82 bits per heavy atom. The number of ether oxygens (including phenoxy) is 1. The molecule has 0 aliphatic heterocycles. The van der Waals surface area contributed by atoms with Gasteiger partial charge in [-0.1, -0.05) is 41.9 Å². The first kappa shape index (κ1) is 20.0. The van der Waals surface area contributed by atoms with Gasteiger partial charge >= 0.3 is 0 Å². The summed E-state index contributed by atoms with van der Waals surface area (Å²) in [5, 5.41) is 3.52. The van der Waals surface area contributed by atoms with Crippen LogP contribution in [0.25, 0.3) is 0 Å². The number of nitrogens with one attached hydrogen (secondary N) is 1. The van der Waals surface area contributed by atoms with E-state index in [1.165, 1.54) is 0 Å². The van der Waals surface area contributed by atoms with E-state index < -0.39 is 0 Å². The number of carbonyl (C=O) groups excluding carboxylic acids is 1. The molecule has 0 unspecified atom stereocenters. The molecule has 0 radical (unpaired) electrons. The number of carbonyl (C=O) groups is 1. The van der Waals surface area contributed by atoms with E-state index >= 15 is 0 Å². The van der Waals surface area contributed by atoms with Gasteiger partial charge in [-0.2, -0.15) is 0 Å². The number of amides is 1. The fraction of sp³-hybridized carbons (Fsp3) is 0.261. The van der Waals surface area contributed by atoms with E-state index in [4.69, 9.17) is 20.8 Å². The largest absolute Gasteiger partial charge is 0.489 e. The van der Waals surface area contributed by atoms with Crippen molar-refractivity contribution in [2.45, 2.75) is 39.3 Å². The van der Waals surface area contributed by atoms with Crippen LogP contribution in [0.2, 0.25) is 5.02 Å². The Labute approximate surface area is 170 Å². The second-order valence-corrected chi connectivity index (χ2v) is 8.11. The summed E-state index contributed by atoms with van der Waals surface area (Å²) >= 11 is 6.18. The Bertz CT molecular complexity index is 942. The minimum atomic E-state index is -0.324. The van der Waals surface area contributed by atoms with E-state index in [-0.39, 0.29) is 11.4 Å². The predicted octanol–water partition coefficient (Wildman–Crippen LogP) is 5.63. The molecule has 0 aliphatic carbocycles. The van der Waals surface area contributed by atoms with Crippen molar-refractivity contribution in [2.24, 2.45) is 0 Å². The van der Waals surface area contributed by atoms with Gasteiger partial charge in [0.05, 0.1) is 0 Å². The molecular formula is C23H24ClNO3. The number of hydrogen-bond donors (Lipinski definition) is 1. The molecule has 0 bridgehead atoms. The van der Waals surface area contributed by atoms with Gasteiger partial charge in [0.1, 0.15) is 18.1 Å². The summed E-state index contributed by atoms with van der Waals surface area (Å²) in [4.78, 5) is 12.3. The lowest BCUT2D eigenvalue weighted by molar-refractivity contribution is 0.0889. The zero-order chi connectivity index (χ0) is 20.1. The zero-order valence-electron chi connectivity index (χ0n) is 16.3. The molecule has 0 aliphatic rings. The van der Waals surface area contributed by atoms with Crippen molar-refractivity contribution in [3.8, 4) is 5.75 Å². The smallest absolute Gasteiger partial charge is 0.287 e. The van der Waals surface area contributed by atoms with Gasteiger partial charge in [0.15, 0.2) is 5.76 Å². The van der Waals surface area contributed by atoms with Gasteiger partial charge in [-0.05, 0) is 56.7 Å². The normalized spacial score (nSPS) is 11.3. The highest BCUT2D eigenvalue weighted by molar-refractivity contribution is 6.30. The van der Waals surface area contributed by atoms with Gasteiger partial charge in [0.2, 0.25) is 0 Å². The van der Waals surface area contributed by atoms with Crippen LogP contribution in [0.5, 0.6) is 5.75 Å². The topological polar surface area (TPSA) is 51.5 Å². The number of furan rings is 1. The molecule has 0 fully saturated rings. The molecule has 0 saturated carbocycles. The molecule has 4 nitrogen and oxygen atoms in total. The van der Waals surface area contributed by atoms with Crippen LogP contribution in [0.15, 0.2) is 65.1 Å². The first-order valence-corrected chi connectivity index (χ1v) is 9.54. The molecule has 28 heavy (non-hydrogen) atoms. The maximum atomic E-state index is 12.3. The molecule has 5 heteroatoms. The lowest BCUT2D eigenvalue weighted by Crippen LogP contribution is -2.40. The Morgan fingerprint density at radius 1 is 1.07 bits per heavy atom. The third kappa shape index (κ3) is 5.64. The Hall–Kier alpha value is -2.72. The van der Waals surface area contributed by atoms with Gasteiger partial charge in [0.25, 0.3) is 5.91 Å². The fourth-order valence-corrected chi connectivity index (χ4v) is 2.94. The quantitative estimate of drug-likeness (QED) is 0.586. The average Bonchev–Trinajstić information content (AvgIpc) is 3.09. The minimum absolute atomic E-state index is 0.231. The molecule has 0 spiro atoms. The zero-order valence-corrected chi connectivity index (χ0v) is 17.0. The summed E-state index contributed by atoms with van der Waals surface area (Å²) in [6, 6.07) is 19.0. The van der Waals surface area contributed by atoms with Gasteiger partial charge in [-0.25, -0.2) is 0 Å². The molecule has 1 N–H and O–H groups in total. The lowest BCUT2D eigenvalue weighted by Gasteiger charge is -2.19. The van der Waals surface area contributed by atoms with Gasteiger partial charge < -0.3 is 14.5 Å². The van der Waals surface area contributed by atoms with E-state index in [0.717, 1.165) is 16.9 Å². The second-order valence-electron chi connectivity index (χ2n) is 7.67. The molecule has 1 amide bonds. The third-order valence-corrected chi connectivity index (χ3v) is 4.23. The van der Waals surface area contributed by atoms with E-state index in [2.05, 4.69) is 5.32 Å². The number of halogens is 1. The van der Waals surface area contributed by atoms with Crippen molar-refractivity contribution in [1.29, 1.82) is 0 Å². The van der Waals surface area contributed by atoms with Gasteiger partial charge in [-0.3, -0.25) is 4.79 Å². The highest BCUT2D eigenvalue weighted by atomic mass is 35.5. The Balaban J connectivity index is 1.73. The van der Waals surface area contributed by atoms with Crippen molar-refractivity contribution in [2.75, 3.05) is 0 Å². The van der Waals surface area contributed by atoms with E-state index in [1.54, 1.807) is 18.2 Å². The maximum absolute atomic E-state index is 12.3. The maximum Gasteiger partial charge on any atom is 0.287 e. The Morgan fingerprint density at radius 3 is 2.54 bits per heavy atom. The summed E-state index contributed by atoms with van der Waals surface area (Å²) in [6.45, 7) is 6.25. The molecule has 3 rings (SSSR count). The van der Waals surface area contributed by atoms with E-state index in [9.17, 15) is 4.79 Å². The summed E-state index contributed by atoms with van der Waals surface area (Å²) in [5.41, 5.74) is 1.67. The highest BCUT2D eigenvalue weighted by Gasteiger charge is 2.18. The second kappa shape index (κ2) is 8.53. The van der Waals surface area contributed by atoms with Crippen LogP contribution < -0.4 is 10.1 Å². The molecule has 1 aromatic heterocycles. The predicted molar refractivity (Wildman–Crippen MR) is 111 cm³/mol. The highest BCUT2D eigenvalue weighted by Crippen LogP contribution is 2.27. The number of hydrogen-bond acceptors (Lipinski definition) is 3. The van der Waals surface area contributed by atoms with Crippen molar-refractivity contribution >= 4 is 17.5 Å². The van der Waals surface area contributed by atoms with Crippen molar-refractivity contribution in [1.82, 2.24) is 5.32 Å². The van der Waals surface area contributed by atoms with Crippen LogP contribution in [0.1, 0.15) is 48.2 Å². The number of benzene rings is 2. The fourth-order valence-electron chi connectivity index (χ4n) is 2.75. The van der Waals surface area contributed by atoms with Crippen LogP contribution in [-0.2, 0) is 13.0 Å². The molecule has 0 atom stereocenters. The van der Waals surface area contributed by atoms with E-state index in [0.29, 0.717) is 29.6 Å². The Kier molecular flexibility index (Phi) is 6.10. The average molecular weight is 398 g/mol. The summed E-state index contributed by atoms with van der Waals surface area (Å²) in [6.07, 6.45) is 0.480. The SMILES string of the molecule is CC(C)(C)NC(=O)c1ccc(Cc2cc(Cl)ccc2OCc2ccccc2)o1. The summed E-state index contributed by atoms with van der Waals surface area (Å²) in [7, 11) is 0. The first-order valence-electron chi connectivity index (χ1n) is 9.16. The molecule has 3 aromatic rings. The van der Waals surface area contributed by atoms with Crippen LogP contribution >= 0.6 is 11.6 Å². The standard InChI is InChI=1S/C23H24ClNO3/c1-23(2,3)25-22(26)21-12-10-19(28-21)14-17-13-18(24)9-11-20(17)27-15-16-7-5-4-6-8-16/h4-13H,14-15H2,1-3H3,(H,25,26). The van der Waals surface area contributed by atoms with Crippen LogP contribution in [0.3, 0.4) is 0 Å². The van der Waals surface area contributed by atoms with Crippen molar-refractivity contribution in [3.63, 3.8) is 0 Å². The van der Waals surface area contributed by atoms with Crippen LogP contribution in [0.4, 0.5) is 0 Å². The van der Waals surface area contributed by atoms with Crippen molar-refractivity contribution < 1.29 is 13.9 Å². The molecule has 146 valence electrons.